The third-order valence-electron chi connectivity index (χ3n) is 2.27. The minimum Gasteiger partial charge on any atom is -0.387 e. The number of rotatable bonds is 3. The van der Waals surface area contributed by atoms with E-state index >= 15 is 0 Å². The molecule has 0 spiro atoms. The normalized spacial score (nSPS) is 12.7. The summed E-state index contributed by atoms with van der Waals surface area (Å²) in [6.07, 6.45) is 3.92. The number of benzene rings is 1. The van der Waals surface area contributed by atoms with Gasteiger partial charge in [-0.1, -0.05) is 6.07 Å². The largest absolute Gasteiger partial charge is 0.387 e. The summed E-state index contributed by atoms with van der Waals surface area (Å²) < 4.78 is 27.2. The molecule has 0 aliphatic heterocycles. The minimum absolute atomic E-state index is 0.255. The van der Waals surface area contributed by atoms with Crippen LogP contribution < -0.4 is 0 Å². The lowest BCUT2D eigenvalue weighted by molar-refractivity contribution is 0.156. The van der Waals surface area contributed by atoms with E-state index in [1.807, 2.05) is 0 Å². The maximum Gasteiger partial charge on any atom is 0.159 e. The molecule has 2 rings (SSSR count). The first kappa shape index (κ1) is 10.8. The van der Waals surface area contributed by atoms with Crippen molar-refractivity contribution in [1.82, 2.24) is 9.55 Å². The van der Waals surface area contributed by atoms with Crippen LogP contribution in [0.15, 0.2) is 36.9 Å². The third-order valence-corrected chi connectivity index (χ3v) is 2.27. The number of hydrogen-bond acceptors (Lipinski definition) is 2. The Balaban J connectivity index is 2.14. The van der Waals surface area contributed by atoms with Crippen molar-refractivity contribution in [2.75, 3.05) is 0 Å². The van der Waals surface area contributed by atoms with Gasteiger partial charge in [-0.15, -0.1) is 0 Å². The van der Waals surface area contributed by atoms with Gasteiger partial charge in [0.2, 0.25) is 0 Å². The van der Waals surface area contributed by atoms with Crippen molar-refractivity contribution in [2.24, 2.45) is 0 Å². The molecule has 84 valence electrons. The number of aliphatic hydroxyl groups is 1. The number of imidazole rings is 1. The Labute approximate surface area is 91.0 Å². The zero-order chi connectivity index (χ0) is 11.5. The van der Waals surface area contributed by atoms with E-state index in [4.69, 9.17) is 0 Å². The lowest BCUT2D eigenvalue weighted by Gasteiger charge is -2.11. The highest BCUT2D eigenvalue weighted by Crippen LogP contribution is 2.17. The van der Waals surface area contributed by atoms with Crippen molar-refractivity contribution in [3.63, 3.8) is 0 Å². The molecule has 5 heteroatoms. The van der Waals surface area contributed by atoms with E-state index in [0.717, 1.165) is 12.1 Å². The van der Waals surface area contributed by atoms with Crippen LogP contribution in [0.4, 0.5) is 8.78 Å². The van der Waals surface area contributed by atoms with Crippen molar-refractivity contribution in [2.45, 2.75) is 12.6 Å². The predicted octanol–water partition coefficient (Wildman–Crippen LogP) is 1.89. The number of aliphatic hydroxyl groups excluding tert-OH is 1. The second-order valence-electron chi connectivity index (χ2n) is 3.45. The van der Waals surface area contributed by atoms with Crippen molar-refractivity contribution in [3.05, 3.63) is 54.1 Å². The van der Waals surface area contributed by atoms with Gasteiger partial charge in [0.05, 0.1) is 19.0 Å². The van der Waals surface area contributed by atoms with Gasteiger partial charge < -0.3 is 9.67 Å². The van der Waals surface area contributed by atoms with Crippen LogP contribution in [0.25, 0.3) is 0 Å². The van der Waals surface area contributed by atoms with Gasteiger partial charge >= 0.3 is 0 Å². The van der Waals surface area contributed by atoms with Gasteiger partial charge in [-0.2, -0.15) is 0 Å². The minimum atomic E-state index is -0.956. The lowest BCUT2D eigenvalue weighted by Crippen LogP contribution is -2.07. The number of aromatic nitrogens is 2. The molecule has 1 unspecified atom stereocenters. The average Bonchev–Trinajstić information content (AvgIpc) is 2.74. The highest BCUT2D eigenvalue weighted by Gasteiger charge is 2.11. The molecule has 0 aliphatic carbocycles. The highest BCUT2D eigenvalue weighted by molar-refractivity contribution is 5.19. The Bertz CT molecular complexity index is 471. The molecule has 0 fully saturated rings. The van der Waals surface area contributed by atoms with E-state index in [1.165, 1.54) is 6.07 Å². The summed E-state index contributed by atoms with van der Waals surface area (Å²) >= 11 is 0. The second-order valence-corrected chi connectivity index (χ2v) is 3.45. The maximum atomic E-state index is 12.9. The Hall–Kier alpha value is -1.75. The summed E-state index contributed by atoms with van der Waals surface area (Å²) in [6.45, 7) is 0.255. The molecule has 0 saturated carbocycles. The van der Waals surface area contributed by atoms with E-state index in [1.54, 1.807) is 23.3 Å². The first-order chi connectivity index (χ1) is 7.66. The number of hydrogen-bond donors (Lipinski definition) is 1. The van der Waals surface area contributed by atoms with Crippen molar-refractivity contribution in [1.29, 1.82) is 0 Å². The number of nitrogens with zero attached hydrogens (tertiary/aromatic N) is 2. The first-order valence-electron chi connectivity index (χ1n) is 4.75. The molecule has 0 saturated heterocycles. The zero-order valence-corrected chi connectivity index (χ0v) is 8.35. The van der Waals surface area contributed by atoms with Gasteiger partial charge in [0.25, 0.3) is 0 Å². The molecule has 2 aromatic rings. The molecular weight excluding hydrogens is 214 g/mol. The van der Waals surface area contributed by atoms with E-state index in [9.17, 15) is 13.9 Å². The molecule has 1 aromatic carbocycles. The lowest BCUT2D eigenvalue weighted by atomic mass is 10.1. The first-order valence-corrected chi connectivity index (χ1v) is 4.75. The van der Waals surface area contributed by atoms with Crippen LogP contribution in [0, 0.1) is 11.6 Å². The Morgan fingerprint density at radius 3 is 2.75 bits per heavy atom. The summed E-state index contributed by atoms with van der Waals surface area (Å²) in [4.78, 5) is 3.82. The van der Waals surface area contributed by atoms with Crippen molar-refractivity contribution >= 4 is 0 Å². The Kier molecular flexibility index (Phi) is 2.96. The van der Waals surface area contributed by atoms with Gasteiger partial charge in [0.15, 0.2) is 11.6 Å². The quantitative estimate of drug-likeness (QED) is 0.864. The zero-order valence-electron chi connectivity index (χ0n) is 8.35. The van der Waals surface area contributed by atoms with Crippen molar-refractivity contribution < 1.29 is 13.9 Å². The van der Waals surface area contributed by atoms with Gasteiger partial charge in [0.1, 0.15) is 0 Å². The average molecular weight is 224 g/mol. The summed E-state index contributed by atoms with van der Waals surface area (Å²) in [7, 11) is 0. The van der Waals surface area contributed by atoms with Crippen LogP contribution in [-0.2, 0) is 6.54 Å². The van der Waals surface area contributed by atoms with Gasteiger partial charge in [-0.3, -0.25) is 0 Å². The molecule has 0 bridgehead atoms. The molecule has 1 atom stereocenters. The molecule has 3 nitrogen and oxygen atoms in total. The summed E-state index contributed by atoms with van der Waals surface area (Å²) in [5, 5.41) is 9.77. The SMILES string of the molecule is OC(Cn1ccnc1)c1ccc(F)c(F)c1. The van der Waals surface area contributed by atoms with Crippen LogP contribution in [0.1, 0.15) is 11.7 Å². The molecule has 16 heavy (non-hydrogen) atoms. The monoisotopic (exact) mass is 224 g/mol. The molecule has 1 heterocycles. The fourth-order valence-corrected chi connectivity index (χ4v) is 1.42. The molecule has 1 aromatic heterocycles. The summed E-state index contributed by atoms with van der Waals surface area (Å²) in [5.74, 6) is -1.87. The molecular formula is C11H10F2N2O. The van der Waals surface area contributed by atoms with Crippen LogP contribution in [0.2, 0.25) is 0 Å². The van der Waals surface area contributed by atoms with E-state index in [0.29, 0.717) is 5.56 Å². The third kappa shape index (κ3) is 2.25. The smallest absolute Gasteiger partial charge is 0.159 e. The maximum absolute atomic E-state index is 12.9. The summed E-state index contributed by atoms with van der Waals surface area (Å²) in [5.41, 5.74) is 0.340. The molecule has 1 N–H and O–H groups in total. The van der Waals surface area contributed by atoms with Crippen LogP contribution in [0.5, 0.6) is 0 Å². The molecule has 0 amide bonds. The van der Waals surface area contributed by atoms with Crippen LogP contribution in [-0.4, -0.2) is 14.7 Å². The highest BCUT2D eigenvalue weighted by atomic mass is 19.2. The van der Waals surface area contributed by atoms with Crippen LogP contribution in [0.3, 0.4) is 0 Å². The second kappa shape index (κ2) is 4.40. The van der Waals surface area contributed by atoms with E-state index < -0.39 is 17.7 Å². The topological polar surface area (TPSA) is 38.0 Å². The standard InChI is InChI=1S/C11H10F2N2O/c12-9-2-1-8(5-10(9)13)11(16)6-15-4-3-14-7-15/h1-5,7,11,16H,6H2. The number of halogens is 2. The molecule has 0 radical (unpaired) electrons. The Morgan fingerprint density at radius 2 is 2.12 bits per heavy atom. The Morgan fingerprint density at radius 1 is 1.31 bits per heavy atom. The van der Waals surface area contributed by atoms with Gasteiger partial charge in [-0.05, 0) is 17.7 Å². The van der Waals surface area contributed by atoms with E-state index in [2.05, 4.69) is 4.98 Å². The van der Waals surface area contributed by atoms with Crippen LogP contribution >= 0.6 is 0 Å². The van der Waals surface area contributed by atoms with Gasteiger partial charge in [-0.25, -0.2) is 13.8 Å². The van der Waals surface area contributed by atoms with Crippen molar-refractivity contribution in [3.8, 4) is 0 Å². The fraction of sp³-hybridized carbons (Fsp3) is 0.182. The molecule has 0 aliphatic rings. The summed E-state index contributed by atoms with van der Waals surface area (Å²) in [6, 6.07) is 3.36. The van der Waals surface area contributed by atoms with E-state index in [-0.39, 0.29) is 6.54 Å². The predicted molar refractivity (Wildman–Crippen MR) is 53.5 cm³/mol. The fourth-order valence-electron chi connectivity index (χ4n) is 1.42. The van der Waals surface area contributed by atoms with Gasteiger partial charge in [0, 0.05) is 12.4 Å².